The molecule has 1 unspecified atom stereocenters. The first kappa shape index (κ1) is 18.6. The maximum absolute atomic E-state index is 12.3. The molecular weight excluding hydrogens is 338 g/mol. The molecule has 0 radical (unpaired) electrons. The second-order valence-corrected chi connectivity index (χ2v) is 6.65. The molecule has 0 saturated carbocycles. The first-order valence-corrected chi connectivity index (χ1v) is 9.02. The van der Waals surface area contributed by atoms with E-state index in [0.717, 1.165) is 21.9 Å². The highest BCUT2D eigenvalue weighted by molar-refractivity contribution is 5.90. The van der Waals surface area contributed by atoms with Crippen molar-refractivity contribution in [1.29, 1.82) is 0 Å². The van der Waals surface area contributed by atoms with Crippen LogP contribution in [0.5, 0.6) is 0 Å². The molecule has 0 fully saturated rings. The summed E-state index contributed by atoms with van der Waals surface area (Å²) in [5, 5.41) is 4.90. The highest BCUT2D eigenvalue weighted by Gasteiger charge is 2.18. The van der Waals surface area contributed by atoms with Crippen molar-refractivity contribution in [2.24, 2.45) is 0 Å². The maximum Gasteiger partial charge on any atom is 0.311 e. The predicted octanol–water partition coefficient (Wildman–Crippen LogP) is 3.94. The zero-order chi connectivity index (χ0) is 19.2. The summed E-state index contributed by atoms with van der Waals surface area (Å²) < 4.78 is 5.32. The van der Waals surface area contributed by atoms with Crippen LogP contribution < -0.4 is 5.32 Å². The van der Waals surface area contributed by atoms with Gasteiger partial charge in [0.2, 0.25) is 0 Å². The molecule has 1 amide bonds. The van der Waals surface area contributed by atoms with E-state index in [0.29, 0.717) is 6.54 Å². The van der Waals surface area contributed by atoms with Crippen molar-refractivity contribution in [3.8, 4) is 0 Å². The van der Waals surface area contributed by atoms with E-state index in [2.05, 4.69) is 5.32 Å². The van der Waals surface area contributed by atoms with Gasteiger partial charge in [-0.15, -0.1) is 0 Å². The van der Waals surface area contributed by atoms with Crippen molar-refractivity contribution in [3.05, 3.63) is 83.4 Å². The van der Waals surface area contributed by atoms with Gasteiger partial charge in [0, 0.05) is 6.54 Å². The fourth-order valence-corrected chi connectivity index (χ4v) is 2.93. The first-order chi connectivity index (χ1) is 13.0. The molecule has 3 rings (SSSR count). The lowest BCUT2D eigenvalue weighted by Crippen LogP contribution is -2.35. The molecule has 1 N–H and O–H groups in total. The minimum atomic E-state index is -0.835. The smallest absolute Gasteiger partial charge is 0.311 e. The summed E-state index contributed by atoms with van der Waals surface area (Å²) in [6.45, 7) is 4.01. The summed E-state index contributed by atoms with van der Waals surface area (Å²) in [7, 11) is 0. The van der Waals surface area contributed by atoms with Gasteiger partial charge >= 0.3 is 5.97 Å². The molecule has 0 saturated heterocycles. The minimum Gasteiger partial charge on any atom is -0.452 e. The number of hydrogen-bond donors (Lipinski definition) is 1. The van der Waals surface area contributed by atoms with Gasteiger partial charge in [-0.1, -0.05) is 72.3 Å². The molecule has 0 bridgehead atoms. The van der Waals surface area contributed by atoms with Crippen LogP contribution in [0.25, 0.3) is 10.8 Å². The molecule has 0 aliphatic carbocycles. The van der Waals surface area contributed by atoms with E-state index >= 15 is 0 Å². The Morgan fingerprint density at radius 1 is 0.963 bits per heavy atom. The number of esters is 1. The molecule has 0 aliphatic rings. The number of carbonyl (C=O) groups is 2. The average molecular weight is 361 g/mol. The molecule has 0 aliphatic heterocycles. The molecule has 0 heterocycles. The van der Waals surface area contributed by atoms with Gasteiger partial charge in [0.25, 0.3) is 5.91 Å². The van der Waals surface area contributed by atoms with Gasteiger partial charge in [0.05, 0.1) is 6.42 Å². The number of hydrogen-bond acceptors (Lipinski definition) is 3. The molecule has 138 valence electrons. The lowest BCUT2D eigenvalue weighted by Gasteiger charge is -2.14. The third kappa shape index (κ3) is 4.94. The van der Waals surface area contributed by atoms with Gasteiger partial charge in [-0.25, -0.2) is 0 Å². The lowest BCUT2D eigenvalue weighted by molar-refractivity contribution is -0.154. The number of rotatable bonds is 6. The number of fused-ring (bicyclic) bond motifs is 1. The van der Waals surface area contributed by atoms with Crippen molar-refractivity contribution in [3.63, 3.8) is 0 Å². The van der Waals surface area contributed by atoms with Crippen LogP contribution in [0.3, 0.4) is 0 Å². The molecule has 1 atom stereocenters. The normalized spacial score (nSPS) is 11.8. The Bertz CT molecular complexity index is 942. The second kappa shape index (κ2) is 8.49. The molecule has 4 heteroatoms. The predicted molar refractivity (Wildman–Crippen MR) is 106 cm³/mol. The Hall–Kier alpha value is -3.14. The van der Waals surface area contributed by atoms with Crippen LogP contribution in [0.1, 0.15) is 23.6 Å². The van der Waals surface area contributed by atoms with Crippen molar-refractivity contribution in [2.75, 3.05) is 0 Å². The number of benzene rings is 3. The van der Waals surface area contributed by atoms with Crippen LogP contribution in [0.4, 0.5) is 0 Å². The van der Waals surface area contributed by atoms with Crippen LogP contribution in [-0.4, -0.2) is 18.0 Å². The van der Waals surface area contributed by atoms with Gasteiger partial charge < -0.3 is 10.1 Å². The molecular formula is C23H23NO3. The Morgan fingerprint density at radius 2 is 1.67 bits per heavy atom. The lowest BCUT2D eigenvalue weighted by atomic mass is 10.0. The number of nitrogens with one attached hydrogen (secondary N) is 1. The third-order valence-corrected chi connectivity index (χ3v) is 4.48. The van der Waals surface area contributed by atoms with E-state index in [4.69, 9.17) is 4.74 Å². The zero-order valence-corrected chi connectivity index (χ0v) is 15.6. The first-order valence-electron chi connectivity index (χ1n) is 9.02. The summed E-state index contributed by atoms with van der Waals surface area (Å²) in [4.78, 5) is 24.5. The van der Waals surface area contributed by atoms with Gasteiger partial charge in [-0.05, 0) is 35.7 Å². The van der Waals surface area contributed by atoms with Crippen LogP contribution in [0.2, 0.25) is 0 Å². The highest BCUT2D eigenvalue weighted by atomic mass is 16.5. The van der Waals surface area contributed by atoms with Gasteiger partial charge in [-0.2, -0.15) is 0 Å². The fourth-order valence-electron chi connectivity index (χ4n) is 2.93. The van der Waals surface area contributed by atoms with Gasteiger partial charge in [0.15, 0.2) is 6.10 Å². The standard InChI is InChI=1S/C23H23NO3/c1-16-10-12-18(13-11-16)15-24-23(26)17(2)27-22(25)14-20-8-5-7-19-6-3-4-9-21(19)20/h3-13,17H,14-15H2,1-2H3,(H,24,26). The number of aryl methyl sites for hydroxylation is 1. The summed E-state index contributed by atoms with van der Waals surface area (Å²) in [5.74, 6) is -0.716. The van der Waals surface area contributed by atoms with Gasteiger partial charge in [-0.3, -0.25) is 9.59 Å². The molecule has 4 nitrogen and oxygen atoms in total. The summed E-state index contributed by atoms with van der Waals surface area (Å²) >= 11 is 0. The number of carbonyl (C=O) groups excluding carboxylic acids is 2. The average Bonchev–Trinajstić information content (AvgIpc) is 2.67. The van der Waals surface area contributed by atoms with Crippen LogP contribution >= 0.6 is 0 Å². The molecule has 27 heavy (non-hydrogen) atoms. The van der Waals surface area contributed by atoms with Crippen molar-refractivity contribution in [1.82, 2.24) is 5.32 Å². The number of amides is 1. The summed E-state index contributed by atoms with van der Waals surface area (Å²) in [5.41, 5.74) is 3.06. The topological polar surface area (TPSA) is 55.4 Å². The fraction of sp³-hybridized carbons (Fsp3) is 0.217. The van der Waals surface area contributed by atoms with Crippen molar-refractivity contribution >= 4 is 22.6 Å². The molecule has 3 aromatic carbocycles. The Balaban J connectivity index is 1.55. The molecule has 0 aromatic heterocycles. The SMILES string of the molecule is Cc1ccc(CNC(=O)C(C)OC(=O)Cc2cccc3ccccc23)cc1. The zero-order valence-electron chi connectivity index (χ0n) is 15.6. The van der Waals surface area contributed by atoms with E-state index in [1.54, 1.807) is 6.92 Å². The van der Waals surface area contributed by atoms with Crippen molar-refractivity contribution < 1.29 is 14.3 Å². The summed E-state index contributed by atoms with van der Waals surface area (Å²) in [6.07, 6.45) is -0.699. The largest absolute Gasteiger partial charge is 0.452 e. The van der Waals surface area contributed by atoms with E-state index in [-0.39, 0.29) is 12.3 Å². The van der Waals surface area contributed by atoms with E-state index < -0.39 is 12.1 Å². The Kier molecular flexibility index (Phi) is 5.87. The summed E-state index contributed by atoms with van der Waals surface area (Å²) in [6, 6.07) is 21.6. The third-order valence-electron chi connectivity index (χ3n) is 4.48. The Morgan fingerprint density at radius 3 is 2.44 bits per heavy atom. The monoisotopic (exact) mass is 361 g/mol. The van der Waals surface area contributed by atoms with Gasteiger partial charge in [0.1, 0.15) is 0 Å². The minimum absolute atomic E-state index is 0.136. The van der Waals surface area contributed by atoms with E-state index in [1.165, 1.54) is 5.56 Å². The number of ether oxygens (including phenoxy) is 1. The van der Waals surface area contributed by atoms with Crippen LogP contribution in [0.15, 0.2) is 66.7 Å². The van der Waals surface area contributed by atoms with Crippen LogP contribution in [-0.2, 0) is 27.3 Å². The Labute approximate surface area is 159 Å². The van der Waals surface area contributed by atoms with Crippen LogP contribution in [0, 0.1) is 6.92 Å². The molecule has 0 spiro atoms. The highest BCUT2D eigenvalue weighted by Crippen LogP contribution is 2.19. The van der Waals surface area contributed by atoms with Crippen molar-refractivity contribution in [2.45, 2.75) is 32.9 Å². The maximum atomic E-state index is 12.3. The molecule has 3 aromatic rings. The second-order valence-electron chi connectivity index (χ2n) is 6.65. The van der Waals surface area contributed by atoms with E-state index in [1.807, 2.05) is 73.7 Å². The van der Waals surface area contributed by atoms with E-state index in [9.17, 15) is 9.59 Å². The quantitative estimate of drug-likeness (QED) is 0.677.